The van der Waals surface area contributed by atoms with Crippen LogP contribution in [0.15, 0.2) is 12.1 Å². The number of carbonyl (C=O) groups is 1. The van der Waals surface area contributed by atoms with Crippen LogP contribution in [0.1, 0.15) is 61.9 Å². The Morgan fingerprint density at radius 1 is 1.21 bits per heavy atom. The van der Waals surface area contributed by atoms with Crippen LogP contribution in [0.25, 0.3) is 0 Å². The Balaban J connectivity index is 2.57. The van der Waals surface area contributed by atoms with Crippen molar-refractivity contribution >= 4 is 5.78 Å². The van der Waals surface area contributed by atoms with Crippen LogP contribution in [0.2, 0.25) is 0 Å². The molecule has 0 N–H and O–H groups in total. The molecule has 0 atom stereocenters. The van der Waals surface area contributed by atoms with Crippen molar-refractivity contribution in [2.24, 2.45) is 0 Å². The molecule has 0 aliphatic carbocycles. The van der Waals surface area contributed by atoms with Gasteiger partial charge >= 0.3 is 0 Å². The van der Waals surface area contributed by atoms with Crippen molar-refractivity contribution < 1.29 is 13.9 Å². The predicted octanol–water partition coefficient (Wildman–Crippen LogP) is 4.69. The molecule has 3 heteroatoms. The molecule has 0 spiro atoms. The molecular formula is C16H23FO2. The third-order valence-electron chi connectivity index (χ3n) is 3.15. The second kappa shape index (κ2) is 7.93. The van der Waals surface area contributed by atoms with Crippen molar-refractivity contribution in [1.82, 2.24) is 0 Å². The van der Waals surface area contributed by atoms with E-state index in [1.807, 2.05) is 0 Å². The fraction of sp³-hybridized carbons (Fsp3) is 0.562. The molecule has 0 aromatic heterocycles. The zero-order valence-electron chi connectivity index (χ0n) is 12.1. The van der Waals surface area contributed by atoms with Gasteiger partial charge in [0.1, 0.15) is 11.6 Å². The lowest BCUT2D eigenvalue weighted by Crippen LogP contribution is -2.04. The summed E-state index contributed by atoms with van der Waals surface area (Å²) in [5.41, 5.74) is 0.836. The Bertz CT molecular complexity index is 427. The fourth-order valence-electron chi connectivity index (χ4n) is 1.94. The Labute approximate surface area is 115 Å². The van der Waals surface area contributed by atoms with Gasteiger partial charge in [-0.3, -0.25) is 4.79 Å². The highest BCUT2D eigenvalue weighted by Gasteiger charge is 2.12. The fourth-order valence-corrected chi connectivity index (χ4v) is 1.94. The minimum Gasteiger partial charge on any atom is -0.493 e. The van der Waals surface area contributed by atoms with Gasteiger partial charge in [0.25, 0.3) is 0 Å². The summed E-state index contributed by atoms with van der Waals surface area (Å²) >= 11 is 0. The summed E-state index contributed by atoms with van der Waals surface area (Å²) in [5.74, 6) is -0.0257. The number of ketones is 1. The van der Waals surface area contributed by atoms with E-state index < -0.39 is 0 Å². The molecule has 0 fully saturated rings. The molecule has 0 saturated carbocycles. The largest absolute Gasteiger partial charge is 0.493 e. The van der Waals surface area contributed by atoms with Crippen LogP contribution in [-0.2, 0) is 0 Å². The van der Waals surface area contributed by atoms with E-state index in [0.29, 0.717) is 23.5 Å². The summed E-state index contributed by atoms with van der Waals surface area (Å²) < 4.78 is 19.1. The van der Waals surface area contributed by atoms with Crippen LogP contribution in [0.5, 0.6) is 5.75 Å². The first-order chi connectivity index (χ1) is 9.06. The highest BCUT2D eigenvalue weighted by molar-refractivity contribution is 5.96. The summed E-state index contributed by atoms with van der Waals surface area (Å²) in [4.78, 5) is 11.5. The minimum absolute atomic E-state index is 0.167. The molecule has 19 heavy (non-hydrogen) atoms. The van der Waals surface area contributed by atoms with E-state index in [0.717, 1.165) is 12.8 Å². The van der Waals surface area contributed by atoms with Gasteiger partial charge < -0.3 is 4.74 Å². The number of aryl methyl sites for hydroxylation is 1. The number of hydrogen-bond donors (Lipinski definition) is 0. The van der Waals surface area contributed by atoms with Crippen molar-refractivity contribution in [1.29, 1.82) is 0 Å². The summed E-state index contributed by atoms with van der Waals surface area (Å²) in [6, 6.07) is 2.88. The average Bonchev–Trinajstić information content (AvgIpc) is 2.37. The average molecular weight is 266 g/mol. The predicted molar refractivity (Wildman–Crippen MR) is 75.4 cm³/mol. The lowest BCUT2D eigenvalue weighted by Gasteiger charge is -2.11. The van der Waals surface area contributed by atoms with Gasteiger partial charge in [0, 0.05) is 0 Å². The molecule has 0 radical (unpaired) electrons. The molecule has 1 rings (SSSR count). The standard InChI is InChI=1S/C16H23FO2/c1-4-5-6-7-8-9-19-16-10-12(2)15(17)11-14(16)13(3)18/h10-11H,4-9H2,1-3H3. The first-order valence-electron chi connectivity index (χ1n) is 7.00. The van der Waals surface area contributed by atoms with Crippen LogP contribution < -0.4 is 4.74 Å². The van der Waals surface area contributed by atoms with Crippen molar-refractivity contribution in [2.45, 2.75) is 52.9 Å². The molecule has 0 unspecified atom stereocenters. The van der Waals surface area contributed by atoms with E-state index in [9.17, 15) is 9.18 Å². The maximum Gasteiger partial charge on any atom is 0.163 e. The normalized spacial score (nSPS) is 10.5. The summed E-state index contributed by atoms with van der Waals surface area (Å²) in [6.45, 7) is 5.86. The van der Waals surface area contributed by atoms with Gasteiger partial charge in [-0.25, -0.2) is 4.39 Å². The second-order valence-corrected chi connectivity index (χ2v) is 4.92. The van der Waals surface area contributed by atoms with Gasteiger partial charge in [0.05, 0.1) is 12.2 Å². The van der Waals surface area contributed by atoms with E-state index in [2.05, 4.69) is 6.92 Å². The third-order valence-corrected chi connectivity index (χ3v) is 3.15. The molecule has 1 aromatic carbocycles. The van der Waals surface area contributed by atoms with Gasteiger partial charge in [-0.15, -0.1) is 0 Å². The van der Waals surface area contributed by atoms with Crippen LogP contribution >= 0.6 is 0 Å². The first-order valence-corrected chi connectivity index (χ1v) is 7.00. The van der Waals surface area contributed by atoms with Gasteiger partial charge in [0.15, 0.2) is 5.78 Å². The molecule has 0 heterocycles. The minimum atomic E-state index is -0.361. The number of ether oxygens (including phenoxy) is 1. The monoisotopic (exact) mass is 266 g/mol. The number of Topliss-reactive ketones (excluding diaryl/α,β-unsaturated/α-hetero) is 1. The number of hydrogen-bond acceptors (Lipinski definition) is 2. The molecule has 2 nitrogen and oxygen atoms in total. The van der Waals surface area contributed by atoms with E-state index in [4.69, 9.17) is 4.74 Å². The van der Waals surface area contributed by atoms with E-state index >= 15 is 0 Å². The molecule has 0 aliphatic rings. The van der Waals surface area contributed by atoms with Gasteiger partial charge in [-0.05, 0) is 38.0 Å². The van der Waals surface area contributed by atoms with E-state index in [1.54, 1.807) is 13.0 Å². The van der Waals surface area contributed by atoms with E-state index in [-0.39, 0.29) is 11.6 Å². The number of rotatable bonds is 8. The third kappa shape index (κ3) is 5.01. The topological polar surface area (TPSA) is 26.3 Å². The lowest BCUT2D eigenvalue weighted by atomic mass is 10.1. The van der Waals surface area contributed by atoms with Gasteiger partial charge in [-0.1, -0.05) is 32.6 Å². The number of unbranched alkanes of at least 4 members (excludes halogenated alkanes) is 4. The van der Waals surface area contributed by atoms with Gasteiger partial charge in [0.2, 0.25) is 0 Å². The zero-order chi connectivity index (χ0) is 14.3. The lowest BCUT2D eigenvalue weighted by molar-refractivity contribution is 0.101. The van der Waals surface area contributed by atoms with Crippen molar-refractivity contribution in [3.05, 3.63) is 29.1 Å². The Morgan fingerprint density at radius 3 is 2.53 bits per heavy atom. The maximum atomic E-state index is 13.4. The number of carbonyl (C=O) groups excluding carboxylic acids is 1. The van der Waals surface area contributed by atoms with Crippen LogP contribution in [0, 0.1) is 12.7 Å². The SMILES string of the molecule is CCCCCCCOc1cc(C)c(F)cc1C(C)=O. The molecule has 0 amide bonds. The summed E-state index contributed by atoms with van der Waals surface area (Å²) in [6.07, 6.45) is 5.76. The molecular weight excluding hydrogens is 243 g/mol. The van der Waals surface area contributed by atoms with Crippen LogP contribution in [-0.4, -0.2) is 12.4 Å². The highest BCUT2D eigenvalue weighted by atomic mass is 19.1. The van der Waals surface area contributed by atoms with Crippen molar-refractivity contribution in [3.8, 4) is 5.75 Å². The maximum absolute atomic E-state index is 13.4. The molecule has 0 bridgehead atoms. The van der Waals surface area contributed by atoms with Crippen molar-refractivity contribution in [3.63, 3.8) is 0 Å². The number of halogens is 1. The first kappa shape index (κ1) is 15.7. The Morgan fingerprint density at radius 2 is 1.89 bits per heavy atom. The summed E-state index contributed by atoms with van der Waals surface area (Å²) in [5, 5.41) is 0. The molecule has 106 valence electrons. The van der Waals surface area contributed by atoms with Crippen molar-refractivity contribution in [2.75, 3.05) is 6.61 Å². The molecule has 0 saturated heterocycles. The smallest absolute Gasteiger partial charge is 0.163 e. The van der Waals surface area contributed by atoms with Gasteiger partial charge in [-0.2, -0.15) is 0 Å². The summed E-state index contributed by atoms with van der Waals surface area (Å²) in [7, 11) is 0. The Hall–Kier alpha value is -1.38. The highest BCUT2D eigenvalue weighted by Crippen LogP contribution is 2.23. The molecule has 1 aromatic rings. The Kier molecular flexibility index (Phi) is 6.54. The number of benzene rings is 1. The quantitative estimate of drug-likeness (QED) is 0.504. The zero-order valence-corrected chi connectivity index (χ0v) is 12.1. The van der Waals surface area contributed by atoms with Crippen LogP contribution in [0.4, 0.5) is 4.39 Å². The van der Waals surface area contributed by atoms with E-state index in [1.165, 1.54) is 32.3 Å². The molecule has 0 aliphatic heterocycles. The van der Waals surface area contributed by atoms with Crippen LogP contribution in [0.3, 0.4) is 0 Å². The second-order valence-electron chi connectivity index (χ2n) is 4.92.